The molecule has 3 aromatic rings. The zero-order valence-electron chi connectivity index (χ0n) is 17.8. The number of nitrogens with one attached hydrogen (secondary N) is 2. The Kier molecular flexibility index (Phi) is 6.84. The van der Waals surface area contributed by atoms with E-state index in [-0.39, 0.29) is 5.91 Å². The molecular formula is C24H28N6O. The predicted octanol–water partition coefficient (Wildman–Crippen LogP) is 3.81. The van der Waals surface area contributed by atoms with Gasteiger partial charge in [0.15, 0.2) is 0 Å². The van der Waals surface area contributed by atoms with E-state index in [1.165, 1.54) is 19.3 Å². The lowest BCUT2D eigenvalue weighted by Crippen LogP contribution is -2.37. The van der Waals surface area contributed by atoms with Crippen LogP contribution in [-0.2, 0) is 0 Å². The van der Waals surface area contributed by atoms with Crippen LogP contribution in [0.4, 0.5) is 11.6 Å². The summed E-state index contributed by atoms with van der Waals surface area (Å²) in [6.45, 7) is 5.81. The highest BCUT2D eigenvalue weighted by Crippen LogP contribution is 2.22. The molecule has 0 aliphatic carbocycles. The van der Waals surface area contributed by atoms with Gasteiger partial charge in [-0.3, -0.25) is 9.78 Å². The van der Waals surface area contributed by atoms with E-state index in [0.717, 1.165) is 42.1 Å². The van der Waals surface area contributed by atoms with Gasteiger partial charge in [0.05, 0.1) is 5.69 Å². The van der Waals surface area contributed by atoms with Gasteiger partial charge in [0.25, 0.3) is 5.91 Å². The Bertz CT molecular complexity index is 1020. The number of rotatable bonds is 7. The third kappa shape index (κ3) is 5.64. The topological polar surface area (TPSA) is 83.0 Å². The summed E-state index contributed by atoms with van der Waals surface area (Å²) in [4.78, 5) is 28.1. The summed E-state index contributed by atoms with van der Waals surface area (Å²) in [5.41, 5.74) is 4.16. The number of likely N-dealkylation sites (tertiary alicyclic amines) is 1. The minimum atomic E-state index is -0.0647. The zero-order chi connectivity index (χ0) is 21.5. The summed E-state index contributed by atoms with van der Waals surface area (Å²) in [6.07, 6.45) is 9.04. The molecule has 1 fully saturated rings. The van der Waals surface area contributed by atoms with Crippen molar-refractivity contribution in [2.45, 2.75) is 26.2 Å². The first kappa shape index (κ1) is 20.9. The highest BCUT2D eigenvalue weighted by atomic mass is 16.1. The van der Waals surface area contributed by atoms with E-state index in [9.17, 15) is 4.79 Å². The van der Waals surface area contributed by atoms with Crippen molar-refractivity contribution >= 4 is 17.5 Å². The van der Waals surface area contributed by atoms with Gasteiger partial charge in [0.1, 0.15) is 0 Å². The van der Waals surface area contributed by atoms with Gasteiger partial charge < -0.3 is 15.5 Å². The number of hydrogen-bond donors (Lipinski definition) is 2. The van der Waals surface area contributed by atoms with Crippen molar-refractivity contribution in [1.82, 2.24) is 25.2 Å². The average Bonchev–Trinajstić information content (AvgIpc) is 2.82. The van der Waals surface area contributed by atoms with Gasteiger partial charge in [-0.25, -0.2) is 9.97 Å². The molecule has 3 heterocycles. The number of piperidine rings is 1. The van der Waals surface area contributed by atoms with Crippen molar-refractivity contribution in [3.05, 3.63) is 66.1 Å². The molecule has 4 rings (SSSR count). The molecule has 1 aliphatic heterocycles. The molecule has 1 aliphatic rings. The second-order valence-corrected chi connectivity index (χ2v) is 7.82. The minimum absolute atomic E-state index is 0.0647. The Morgan fingerprint density at radius 1 is 1.10 bits per heavy atom. The van der Waals surface area contributed by atoms with Crippen molar-refractivity contribution in [2.24, 2.45) is 0 Å². The molecule has 31 heavy (non-hydrogen) atoms. The molecule has 0 atom stereocenters. The number of aryl methyl sites for hydroxylation is 1. The molecule has 160 valence electrons. The summed E-state index contributed by atoms with van der Waals surface area (Å²) in [5.74, 6) is 0.414. The number of carbonyl (C=O) groups excluding carboxylic acids is 1. The molecule has 0 unspecified atom stereocenters. The second kappa shape index (κ2) is 10.1. The molecule has 1 amide bonds. The summed E-state index contributed by atoms with van der Waals surface area (Å²) in [6, 6.07) is 11.3. The third-order valence-electron chi connectivity index (χ3n) is 5.52. The Labute approximate surface area is 183 Å². The fraction of sp³-hybridized carbons (Fsp3) is 0.333. The van der Waals surface area contributed by atoms with E-state index in [4.69, 9.17) is 0 Å². The maximum absolute atomic E-state index is 12.6. The van der Waals surface area contributed by atoms with Crippen molar-refractivity contribution in [3.8, 4) is 11.3 Å². The van der Waals surface area contributed by atoms with Crippen LogP contribution in [0.5, 0.6) is 0 Å². The number of amides is 1. The summed E-state index contributed by atoms with van der Waals surface area (Å²) < 4.78 is 0. The van der Waals surface area contributed by atoms with E-state index in [2.05, 4.69) is 30.5 Å². The van der Waals surface area contributed by atoms with E-state index in [1.54, 1.807) is 18.6 Å². The van der Waals surface area contributed by atoms with Crippen molar-refractivity contribution in [2.75, 3.05) is 31.5 Å². The fourth-order valence-corrected chi connectivity index (χ4v) is 3.72. The van der Waals surface area contributed by atoms with E-state index in [0.29, 0.717) is 18.1 Å². The number of hydrogen-bond acceptors (Lipinski definition) is 6. The fourth-order valence-electron chi connectivity index (χ4n) is 3.72. The number of pyridine rings is 1. The second-order valence-electron chi connectivity index (χ2n) is 7.82. The van der Waals surface area contributed by atoms with Gasteiger partial charge in [0.2, 0.25) is 5.95 Å². The SMILES string of the molecule is Cc1ccc(C(=O)NCCN2CCCCC2)cc1Nc1nccc(-c2cccnc2)n1. The van der Waals surface area contributed by atoms with Crippen LogP contribution in [0.15, 0.2) is 55.0 Å². The third-order valence-corrected chi connectivity index (χ3v) is 5.52. The number of nitrogens with zero attached hydrogens (tertiary/aromatic N) is 4. The van der Waals surface area contributed by atoms with Crippen molar-refractivity contribution < 1.29 is 4.79 Å². The minimum Gasteiger partial charge on any atom is -0.351 e. The standard InChI is InChI=1S/C24H28N6O/c1-18-7-8-19(23(31)26-12-15-30-13-3-2-4-14-30)16-22(18)29-24-27-11-9-21(28-24)20-6-5-10-25-17-20/h5-11,16-17H,2-4,12-15H2,1H3,(H,26,31)(H,27,28,29). The lowest BCUT2D eigenvalue weighted by Gasteiger charge is -2.26. The number of aromatic nitrogens is 3. The Morgan fingerprint density at radius 2 is 1.97 bits per heavy atom. The smallest absolute Gasteiger partial charge is 0.251 e. The van der Waals surface area contributed by atoms with E-state index < -0.39 is 0 Å². The van der Waals surface area contributed by atoms with Crippen LogP contribution in [-0.4, -0.2) is 51.9 Å². The maximum atomic E-state index is 12.6. The van der Waals surface area contributed by atoms with Crippen LogP contribution >= 0.6 is 0 Å². The predicted molar refractivity (Wildman–Crippen MR) is 122 cm³/mol. The molecule has 0 saturated carbocycles. The molecule has 7 nitrogen and oxygen atoms in total. The number of carbonyl (C=O) groups is 1. The molecule has 0 spiro atoms. The lowest BCUT2D eigenvalue weighted by molar-refractivity contribution is 0.0946. The normalized spacial score (nSPS) is 14.2. The lowest BCUT2D eigenvalue weighted by atomic mass is 10.1. The van der Waals surface area contributed by atoms with Gasteiger partial charge in [0, 0.05) is 48.5 Å². The maximum Gasteiger partial charge on any atom is 0.251 e. The van der Waals surface area contributed by atoms with Crippen LogP contribution in [0.25, 0.3) is 11.3 Å². The molecule has 2 aromatic heterocycles. The average molecular weight is 417 g/mol. The first-order chi connectivity index (χ1) is 15.2. The summed E-state index contributed by atoms with van der Waals surface area (Å²) >= 11 is 0. The first-order valence-corrected chi connectivity index (χ1v) is 10.8. The molecular weight excluding hydrogens is 388 g/mol. The van der Waals surface area contributed by atoms with Gasteiger partial charge in [-0.15, -0.1) is 0 Å². The molecule has 0 radical (unpaired) electrons. The number of benzene rings is 1. The van der Waals surface area contributed by atoms with Crippen molar-refractivity contribution in [3.63, 3.8) is 0 Å². The molecule has 7 heteroatoms. The Balaban J connectivity index is 1.41. The van der Waals surface area contributed by atoms with Crippen LogP contribution < -0.4 is 10.6 Å². The van der Waals surface area contributed by atoms with Gasteiger partial charge in [-0.2, -0.15) is 0 Å². The Hall–Kier alpha value is -3.32. The van der Waals surface area contributed by atoms with E-state index >= 15 is 0 Å². The van der Waals surface area contributed by atoms with Crippen LogP contribution in [0.3, 0.4) is 0 Å². The quantitative estimate of drug-likeness (QED) is 0.609. The van der Waals surface area contributed by atoms with Gasteiger partial charge in [-0.1, -0.05) is 12.5 Å². The molecule has 1 saturated heterocycles. The summed E-state index contributed by atoms with van der Waals surface area (Å²) in [5, 5.41) is 6.30. The highest BCUT2D eigenvalue weighted by molar-refractivity contribution is 5.95. The molecule has 0 bridgehead atoms. The van der Waals surface area contributed by atoms with Gasteiger partial charge in [-0.05, 0) is 68.8 Å². The first-order valence-electron chi connectivity index (χ1n) is 10.8. The van der Waals surface area contributed by atoms with Crippen molar-refractivity contribution in [1.29, 1.82) is 0 Å². The van der Waals surface area contributed by atoms with Crippen LogP contribution in [0.1, 0.15) is 35.2 Å². The monoisotopic (exact) mass is 416 g/mol. The molecule has 1 aromatic carbocycles. The summed E-state index contributed by atoms with van der Waals surface area (Å²) in [7, 11) is 0. The van der Waals surface area contributed by atoms with Crippen LogP contribution in [0.2, 0.25) is 0 Å². The van der Waals surface area contributed by atoms with E-state index in [1.807, 2.05) is 43.3 Å². The van der Waals surface area contributed by atoms with Crippen LogP contribution in [0, 0.1) is 6.92 Å². The highest BCUT2D eigenvalue weighted by Gasteiger charge is 2.12. The number of anilines is 2. The largest absolute Gasteiger partial charge is 0.351 e. The zero-order valence-corrected chi connectivity index (χ0v) is 17.8. The molecule has 2 N–H and O–H groups in total. The Morgan fingerprint density at radius 3 is 2.77 bits per heavy atom. The van der Waals surface area contributed by atoms with Gasteiger partial charge >= 0.3 is 0 Å².